The molecule has 0 aliphatic carbocycles. The van der Waals surface area contributed by atoms with Crippen LogP contribution >= 0.6 is 0 Å². The van der Waals surface area contributed by atoms with Crippen LogP contribution in [0.2, 0.25) is 0 Å². The molecule has 0 spiro atoms. The summed E-state index contributed by atoms with van der Waals surface area (Å²) >= 11 is 0. The molecule has 10 nitrogen and oxygen atoms in total. The Kier molecular flexibility index (Phi) is 4.25. The van der Waals surface area contributed by atoms with Crippen LogP contribution in [0.1, 0.15) is 17.6 Å². The fraction of sp³-hybridized carbons (Fsp3) is 0.200. The molecule has 2 aromatic heterocycles. The zero-order valence-corrected chi connectivity index (χ0v) is 13.5. The van der Waals surface area contributed by atoms with E-state index < -0.39 is 17.2 Å². The van der Waals surface area contributed by atoms with Gasteiger partial charge in [-0.2, -0.15) is 14.8 Å². The first-order valence-corrected chi connectivity index (χ1v) is 7.41. The average molecular weight is 342 g/mol. The van der Waals surface area contributed by atoms with Crippen LogP contribution in [-0.2, 0) is 7.05 Å². The Labute approximate surface area is 140 Å². The Morgan fingerprint density at radius 2 is 1.96 bits per heavy atom. The van der Waals surface area contributed by atoms with Crippen molar-refractivity contribution in [1.82, 2.24) is 29.8 Å². The monoisotopic (exact) mass is 342 g/mol. The van der Waals surface area contributed by atoms with Crippen molar-refractivity contribution >= 4 is 5.91 Å². The van der Waals surface area contributed by atoms with Crippen LogP contribution in [0, 0.1) is 0 Å². The smallest absolute Gasteiger partial charge is 0.348 e. The Hall–Kier alpha value is -3.56. The lowest BCUT2D eigenvalue weighted by Crippen LogP contribution is -2.40. The van der Waals surface area contributed by atoms with E-state index in [9.17, 15) is 14.4 Å². The van der Waals surface area contributed by atoms with E-state index in [1.807, 2.05) is 0 Å². The summed E-state index contributed by atoms with van der Waals surface area (Å²) in [5, 5.41) is 10.2. The van der Waals surface area contributed by atoms with Crippen LogP contribution in [-0.4, -0.2) is 36.9 Å². The first kappa shape index (κ1) is 16.3. The van der Waals surface area contributed by atoms with E-state index in [1.165, 1.54) is 7.05 Å². The lowest BCUT2D eigenvalue weighted by atomic mass is 10.3. The van der Waals surface area contributed by atoms with Crippen molar-refractivity contribution in [2.45, 2.75) is 6.92 Å². The van der Waals surface area contributed by atoms with E-state index in [4.69, 9.17) is 4.52 Å². The van der Waals surface area contributed by atoms with Crippen molar-refractivity contribution in [1.29, 1.82) is 0 Å². The Balaban J connectivity index is 2.15. The number of nitrogens with zero attached hydrogens (tertiary/aromatic N) is 5. The van der Waals surface area contributed by atoms with Gasteiger partial charge in [0.2, 0.25) is 5.82 Å². The molecule has 0 aliphatic heterocycles. The number of rotatable bonds is 4. The lowest BCUT2D eigenvalue weighted by molar-refractivity contribution is 0.0912. The molecule has 1 amide bonds. The fourth-order valence-corrected chi connectivity index (χ4v) is 2.10. The predicted octanol–water partition coefficient (Wildman–Crippen LogP) is -0.269. The molecule has 0 aliphatic rings. The summed E-state index contributed by atoms with van der Waals surface area (Å²) in [5.74, 6) is -1.03. The van der Waals surface area contributed by atoms with Crippen LogP contribution in [0.5, 0.6) is 0 Å². The normalized spacial score (nSPS) is 10.6. The summed E-state index contributed by atoms with van der Waals surface area (Å²) in [6, 6.07) is 8.58. The predicted molar refractivity (Wildman–Crippen MR) is 86.4 cm³/mol. The van der Waals surface area contributed by atoms with Crippen molar-refractivity contribution in [2.24, 2.45) is 7.05 Å². The second-order valence-electron chi connectivity index (χ2n) is 5.03. The third kappa shape index (κ3) is 2.96. The zero-order valence-electron chi connectivity index (χ0n) is 13.5. The van der Waals surface area contributed by atoms with E-state index in [2.05, 4.69) is 20.6 Å². The summed E-state index contributed by atoms with van der Waals surface area (Å²) < 4.78 is 6.80. The molecule has 0 bridgehead atoms. The third-order valence-electron chi connectivity index (χ3n) is 3.35. The molecule has 2 heterocycles. The molecule has 0 fully saturated rings. The van der Waals surface area contributed by atoms with Crippen molar-refractivity contribution in [3.63, 3.8) is 0 Å². The van der Waals surface area contributed by atoms with Gasteiger partial charge in [-0.05, 0) is 19.1 Å². The zero-order chi connectivity index (χ0) is 18.0. The summed E-state index contributed by atoms with van der Waals surface area (Å²) in [6.07, 6.45) is 0. The van der Waals surface area contributed by atoms with Crippen molar-refractivity contribution in [2.75, 3.05) is 6.54 Å². The van der Waals surface area contributed by atoms with E-state index >= 15 is 0 Å². The quantitative estimate of drug-likeness (QED) is 0.692. The molecular weight excluding hydrogens is 328 g/mol. The van der Waals surface area contributed by atoms with Gasteiger partial charge in [0.25, 0.3) is 5.56 Å². The molecule has 1 N–H and O–H groups in total. The molecule has 10 heteroatoms. The van der Waals surface area contributed by atoms with E-state index in [0.29, 0.717) is 12.2 Å². The van der Waals surface area contributed by atoms with E-state index in [1.54, 1.807) is 37.3 Å². The number of nitrogens with one attached hydrogen (secondary N) is 1. The van der Waals surface area contributed by atoms with Gasteiger partial charge in [0, 0.05) is 13.6 Å². The number of hydrogen-bond acceptors (Lipinski definition) is 7. The van der Waals surface area contributed by atoms with Crippen LogP contribution < -0.4 is 16.6 Å². The van der Waals surface area contributed by atoms with Gasteiger partial charge in [-0.1, -0.05) is 23.4 Å². The van der Waals surface area contributed by atoms with Crippen LogP contribution in [0.25, 0.3) is 17.2 Å². The number of hydrogen-bond donors (Lipinski definition) is 1. The molecule has 128 valence electrons. The van der Waals surface area contributed by atoms with Crippen molar-refractivity contribution in [3.05, 3.63) is 57.1 Å². The van der Waals surface area contributed by atoms with Crippen molar-refractivity contribution in [3.8, 4) is 17.2 Å². The van der Waals surface area contributed by atoms with E-state index in [0.717, 1.165) is 9.25 Å². The van der Waals surface area contributed by atoms with Crippen molar-refractivity contribution < 1.29 is 9.32 Å². The van der Waals surface area contributed by atoms with Gasteiger partial charge < -0.3 is 9.84 Å². The Bertz CT molecular complexity index is 1030. The van der Waals surface area contributed by atoms with Gasteiger partial charge in [-0.3, -0.25) is 14.2 Å². The summed E-state index contributed by atoms with van der Waals surface area (Å²) in [4.78, 5) is 40.3. The molecule has 0 saturated heterocycles. The van der Waals surface area contributed by atoms with Gasteiger partial charge in [-0.25, -0.2) is 4.79 Å². The highest BCUT2D eigenvalue weighted by atomic mass is 16.5. The standard InChI is InChI=1S/C15H14N6O4/c1-3-16-12(22)13-17-11(19-25-13)10-14(23)20(2)15(24)21(18-10)9-7-5-4-6-8-9/h4-8H,3H2,1-2H3,(H,16,22). The summed E-state index contributed by atoms with van der Waals surface area (Å²) in [7, 11) is 1.32. The molecule has 0 atom stereocenters. The number of carbonyl (C=O) groups is 1. The Morgan fingerprint density at radius 3 is 2.64 bits per heavy atom. The van der Waals surface area contributed by atoms with E-state index in [-0.39, 0.29) is 17.4 Å². The molecule has 0 radical (unpaired) electrons. The van der Waals surface area contributed by atoms with Gasteiger partial charge >= 0.3 is 17.5 Å². The number of amides is 1. The van der Waals surface area contributed by atoms with Crippen LogP contribution in [0.3, 0.4) is 0 Å². The van der Waals surface area contributed by atoms with Crippen LogP contribution in [0.15, 0.2) is 44.4 Å². The first-order chi connectivity index (χ1) is 12.0. The maximum absolute atomic E-state index is 12.3. The maximum Gasteiger partial charge on any atom is 0.351 e. The summed E-state index contributed by atoms with van der Waals surface area (Å²) in [6.45, 7) is 2.12. The Morgan fingerprint density at radius 1 is 1.24 bits per heavy atom. The summed E-state index contributed by atoms with van der Waals surface area (Å²) in [5.41, 5.74) is -1.05. The molecule has 25 heavy (non-hydrogen) atoms. The van der Waals surface area contributed by atoms with Gasteiger partial charge in [0.1, 0.15) is 0 Å². The minimum atomic E-state index is -0.694. The molecule has 0 saturated carbocycles. The molecule has 1 aromatic carbocycles. The van der Waals surface area contributed by atoms with Crippen LogP contribution in [0.4, 0.5) is 0 Å². The third-order valence-corrected chi connectivity index (χ3v) is 3.35. The highest BCUT2D eigenvalue weighted by molar-refractivity contribution is 5.89. The highest BCUT2D eigenvalue weighted by Gasteiger charge is 2.21. The molecule has 3 aromatic rings. The highest BCUT2D eigenvalue weighted by Crippen LogP contribution is 2.09. The topological polar surface area (TPSA) is 125 Å². The van der Waals surface area contributed by atoms with Gasteiger partial charge in [0.05, 0.1) is 5.69 Å². The SMILES string of the molecule is CCNC(=O)c1nc(-c2nn(-c3ccccc3)c(=O)n(C)c2=O)no1. The molecule has 0 unspecified atom stereocenters. The first-order valence-electron chi connectivity index (χ1n) is 7.41. The molecule has 3 rings (SSSR count). The second-order valence-corrected chi connectivity index (χ2v) is 5.03. The minimum Gasteiger partial charge on any atom is -0.348 e. The lowest BCUT2D eigenvalue weighted by Gasteiger charge is -2.07. The van der Waals surface area contributed by atoms with Gasteiger partial charge in [0.15, 0.2) is 5.69 Å². The maximum atomic E-state index is 12.3. The second kappa shape index (κ2) is 6.51. The minimum absolute atomic E-state index is 0.175. The number of benzene rings is 1. The largest absolute Gasteiger partial charge is 0.351 e. The number of para-hydroxylation sites is 1. The number of aromatic nitrogens is 5. The number of carbonyl (C=O) groups excluding carboxylic acids is 1. The van der Waals surface area contributed by atoms with Gasteiger partial charge in [-0.15, -0.1) is 0 Å². The fourth-order valence-electron chi connectivity index (χ4n) is 2.10. The average Bonchev–Trinajstić information content (AvgIpc) is 3.11. The molecular formula is C15H14N6O4.